The molecule has 2 rings (SSSR count). The Morgan fingerprint density at radius 3 is 2.50 bits per heavy atom. The van der Waals surface area contributed by atoms with Crippen molar-refractivity contribution >= 4 is 11.7 Å². The first-order valence-corrected chi connectivity index (χ1v) is 8.37. The van der Waals surface area contributed by atoms with Gasteiger partial charge in [-0.1, -0.05) is 26.7 Å². The summed E-state index contributed by atoms with van der Waals surface area (Å²) in [6.45, 7) is 11.4. The van der Waals surface area contributed by atoms with E-state index in [1.54, 1.807) is 0 Å². The fraction of sp³-hybridized carbons (Fsp3) is 0.706. The van der Waals surface area contributed by atoms with Gasteiger partial charge in [0.25, 0.3) is 0 Å². The average molecular weight is 304 g/mol. The summed E-state index contributed by atoms with van der Waals surface area (Å²) in [5.41, 5.74) is 0.995. The third-order valence-electron chi connectivity index (χ3n) is 4.28. The minimum atomic E-state index is 0.148. The Kier molecular flexibility index (Phi) is 5.75. The van der Waals surface area contributed by atoms with Crippen molar-refractivity contribution in [1.29, 1.82) is 0 Å². The highest BCUT2D eigenvalue weighted by Gasteiger charge is 2.25. The number of aromatic nitrogens is 2. The number of carbonyl (C=O) groups excluding carboxylic acids is 1. The Hall–Kier alpha value is -1.65. The highest BCUT2D eigenvalue weighted by molar-refractivity contribution is 5.78. The molecule has 0 aliphatic carbocycles. The first kappa shape index (κ1) is 16.7. The molecule has 1 atom stereocenters. The van der Waals surface area contributed by atoms with Crippen LogP contribution in [0.3, 0.4) is 0 Å². The van der Waals surface area contributed by atoms with Crippen LogP contribution in [0.1, 0.15) is 44.6 Å². The standard InChI is InChI=1S/C17H28N4O/c1-5-6-7-13(2)17(22)21-10-8-20(9-11-21)16-12-14(3)18-15(4)19-16/h12-13H,5-11H2,1-4H3/t13-/m1/s1. The van der Waals surface area contributed by atoms with E-state index >= 15 is 0 Å². The molecule has 1 saturated heterocycles. The lowest BCUT2D eigenvalue weighted by Gasteiger charge is -2.36. The third kappa shape index (κ3) is 4.18. The maximum atomic E-state index is 12.4. The minimum Gasteiger partial charge on any atom is -0.353 e. The van der Waals surface area contributed by atoms with Gasteiger partial charge in [0.05, 0.1) is 0 Å². The summed E-state index contributed by atoms with van der Waals surface area (Å²) in [7, 11) is 0. The normalized spacial score (nSPS) is 16.7. The zero-order valence-corrected chi connectivity index (χ0v) is 14.3. The summed E-state index contributed by atoms with van der Waals surface area (Å²) in [6, 6.07) is 2.02. The maximum Gasteiger partial charge on any atom is 0.225 e. The number of hydrogen-bond acceptors (Lipinski definition) is 4. The van der Waals surface area contributed by atoms with Crippen molar-refractivity contribution in [3.63, 3.8) is 0 Å². The first-order chi connectivity index (χ1) is 10.5. The van der Waals surface area contributed by atoms with Crippen molar-refractivity contribution < 1.29 is 4.79 Å². The molecule has 0 aromatic carbocycles. The number of unbranched alkanes of at least 4 members (excludes halogenated alkanes) is 1. The van der Waals surface area contributed by atoms with Gasteiger partial charge in [-0.3, -0.25) is 4.79 Å². The molecule has 0 spiro atoms. The molecule has 0 unspecified atom stereocenters. The summed E-state index contributed by atoms with van der Waals surface area (Å²) in [5, 5.41) is 0. The number of aryl methyl sites for hydroxylation is 2. The molecule has 1 amide bonds. The van der Waals surface area contributed by atoms with Crippen molar-refractivity contribution in [2.75, 3.05) is 31.1 Å². The Bertz CT molecular complexity index is 489. The number of piperazine rings is 1. The zero-order valence-electron chi connectivity index (χ0n) is 14.3. The molecule has 0 N–H and O–H groups in total. The molecule has 5 heteroatoms. The number of anilines is 1. The van der Waals surface area contributed by atoms with E-state index in [1.165, 1.54) is 0 Å². The van der Waals surface area contributed by atoms with Crippen molar-refractivity contribution in [2.45, 2.75) is 47.0 Å². The molecule has 0 radical (unpaired) electrons. The lowest BCUT2D eigenvalue weighted by Crippen LogP contribution is -2.50. The van der Waals surface area contributed by atoms with Crippen LogP contribution in [0.25, 0.3) is 0 Å². The van der Waals surface area contributed by atoms with Crippen molar-refractivity contribution in [1.82, 2.24) is 14.9 Å². The monoisotopic (exact) mass is 304 g/mol. The van der Waals surface area contributed by atoms with Gasteiger partial charge >= 0.3 is 0 Å². The summed E-state index contributed by atoms with van der Waals surface area (Å²) in [5.74, 6) is 2.25. The van der Waals surface area contributed by atoms with E-state index in [4.69, 9.17) is 0 Å². The second-order valence-electron chi connectivity index (χ2n) is 6.27. The van der Waals surface area contributed by atoms with E-state index < -0.39 is 0 Å². The average Bonchev–Trinajstić information content (AvgIpc) is 2.51. The SMILES string of the molecule is CCCC[C@@H](C)C(=O)N1CCN(c2cc(C)nc(C)n2)CC1. The molecular formula is C17H28N4O. The summed E-state index contributed by atoms with van der Waals surface area (Å²) >= 11 is 0. The number of nitrogens with zero attached hydrogens (tertiary/aromatic N) is 4. The van der Waals surface area contributed by atoms with Crippen LogP contribution < -0.4 is 4.90 Å². The lowest BCUT2D eigenvalue weighted by molar-refractivity contribution is -0.135. The van der Waals surface area contributed by atoms with Crippen LogP contribution in [-0.2, 0) is 4.79 Å². The van der Waals surface area contributed by atoms with Crippen molar-refractivity contribution in [3.8, 4) is 0 Å². The van der Waals surface area contributed by atoms with E-state index in [2.05, 4.69) is 28.7 Å². The maximum absolute atomic E-state index is 12.4. The highest BCUT2D eigenvalue weighted by Crippen LogP contribution is 2.17. The largest absolute Gasteiger partial charge is 0.353 e. The minimum absolute atomic E-state index is 0.148. The summed E-state index contributed by atoms with van der Waals surface area (Å²) < 4.78 is 0. The van der Waals surface area contributed by atoms with Gasteiger partial charge in [0.1, 0.15) is 11.6 Å². The molecule has 5 nitrogen and oxygen atoms in total. The van der Waals surface area contributed by atoms with Gasteiger partial charge in [-0.25, -0.2) is 9.97 Å². The molecule has 0 bridgehead atoms. The number of rotatable bonds is 5. The summed E-state index contributed by atoms with van der Waals surface area (Å²) in [6.07, 6.45) is 3.28. The predicted octanol–water partition coefficient (Wildman–Crippen LogP) is 2.57. The highest BCUT2D eigenvalue weighted by atomic mass is 16.2. The van der Waals surface area contributed by atoms with Gasteiger partial charge in [0, 0.05) is 43.9 Å². The van der Waals surface area contributed by atoms with Gasteiger partial charge in [-0.15, -0.1) is 0 Å². The van der Waals surface area contributed by atoms with E-state index in [0.717, 1.165) is 62.8 Å². The Morgan fingerprint density at radius 1 is 1.23 bits per heavy atom. The molecule has 22 heavy (non-hydrogen) atoms. The predicted molar refractivity (Wildman–Crippen MR) is 89.0 cm³/mol. The van der Waals surface area contributed by atoms with E-state index in [1.807, 2.05) is 24.8 Å². The van der Waals surface area contributed by atoms with E-state index in [9.17, 15) is 4.79 Å². The third-order valence-corrected chi connectivity index (χ3v) is 4.28. The number of carbonyl (C=O) groups is 1. The molecule has 1 fully saturated rings. The van der Waals surface area contributed by atoms with E-state index in [-0.39, 0.29) is 5.92 Å². The topological polar surface area (TPSA) is 49.3 Å². The van der Waals surface area contributed by atoms with Crippen LogP contribution >= 0.6 is 0 Å². The number of amides is 1. The van der Waals surface area contributed by atoms with Crippen LogP contribution in [0.4, 0.5) is 5.82 Å². The molecule has 1 aromatic heterocycles. The van der Waals surface area contributed by atoms with Gasteiger partial charge in [-0.05, 0) is 20.3 Å². The van der Waals surface area contributed by atoms with Gasteiger partial charge in [0.2, 0.25) is 5.91 Å². The van der Waals surface area contributed by atoms with E-state index in [0.29, 0.717) is 5.91 Å². The lowest BCUT2D eigenvalue weighted by atomic mass is 10.0. The Balaban J connectivity index is 1.91. The second kappa shape index (κ2) is 7.56. The molecule has 1 aromatic rings. The fourth-order valence-corrected chi connectivity index (χ4v) is 2.96. The van der Waals surface area contributed by atoms with Crippen LogP contribution in [0.2, 0.25) is 0 Å². The second-order valence-corrected chi connectivity index (χ2v) is 6.27. The van der Waals surface area contributed by atoms with Crippen LogP contribution in [-0.4, -0.2) is 47.0 Å². The molecular weight excluding hydrogens is 276 g/mol. The van der Waals surface area contributed by atoms with Crippen LogP contribution in [0.5, 0.6) is 0 Å². The van der Waals surface area contributed by atoms with Crippen LogP contribution in [0.15, 0.2) is 6.07 Å². The Morgan fingerprint density at radius 2 is 1.91 bits per heavy atom. The molecule has 122 valence electrons. The first-order valence-electron chi connectivity index (χ1n) is 8.37. The van der Waals surface area contributed by atoms with Crippen LogP contribution in [0, 0.1) is 19.8 Å². The van der Waals surface area contributed by atoms with Gasteiger partial charge in [0.15, 0.2) is 0 Å². The van der Waals surface area contributed by atoms with Gasteiger partial charge < -0.3 is 9.80 Å². The molecule has 0 saturated carbocycles. The zero-order chi connectivity index (χ0) is 16.1. The summed E-state index contributed by atoms with van der Waals surface area (Å²) in [4.78, 5) is 25.5. The molecule has 2 heterocycles. The fourth-order valence-electron chi connectivity index (χ4n) is 2.96. The molecule has 1 aliphatic rings. The van der Waals surface area contributed by atoms with Gasteiger partial charge in [-0.2, -0.15) is 0 Å². The van der Waals surface area contributed by atoms with Crippen molar-refractivity contribution in [2.24, 2.45) is 5.92 Å². The van der Waals surface area contributed by atoms with Crippen molar-refractivity contribution in [3.05, 3.63) is 17.6 Å². The molecule has 1 aliphatic heterocycles. The number of hydrogen-bond donors (Lipinski definition) is 0. The quantitative estimate of drug-likeness (QED) is 0.839. The smallest absolute Gasteiger partial charge is 0.225 e. The Labute approximate surface area is 133 Å².